The van der Waals surface area contributed by atoms with E-state index in [4.69, 9.17) is 9.72 Å². The lowest BCUT2D eigenvalue weighted by molar-refractivity contribution is -0.151. The van der Waals surface area contributed by atoms with Gasteiger partial charge in [0.1, 0.15) is 0 Å². The van der Waals surface area contributed by atoms with Crippen LogP contribution in [0.2, 0.25) is 0 Å². The highest BCUT2D eigenvalue weighted by Gasteiger charge is 2.29. The maximum absolute atomic E-state index is 13.0. The van der Waals surface area contributed by atoms with Crippen molar-refractivity contribution in [2.24, 2.45) is 13.0 Å². The lowest BCUT2D eigenvalue weighted by atomic mass is 9.98. The molecule has 6 nitrogen and oxygen atoms in total. The maximum Gasteiger partial charge on any atom is 0.310 e. The summed E-state index contributed by atoms with van der Waals surface area (Å²) in [4.78, 5) is 31.8. The summed E-state index contributed by atoms with van der Waals surface area (Å²) in [7, 11) is 1.99. The number of hydrogen-bond acceptors (Lipinski definition) is 5. The van der Waals surface area contributed by atoms with Gasteiger partial charge in [-0.05, 0) is 19.8 Å². The molecule has 0 aliphatic carbocycles. The summed E-state index contributed by atoms with van der Waals surface area (Å²) in [5.41, 5.74) is 4.05. The predicted molar refractivity (Wildman–Crippen MR) is 131 cm³/mol. The molecule has 1 saturated heterocycles. The molecule has 4 rings (SSSR count). The molecule has 1 aromatic heterocycles. The molecule has 1 amide bonds. The van der Waals surface area contributed by atoms with Crippen LogP contribution in [-0.2, 0) is 21.4 Å². The second-order valence-electron chi connectivity index (χ2n) is 8.10. The molecule has 1 aliphatic rings. The number of benzene rings is 2. The van der Waals surface area contributed by atoms with Crippen LogP contribution in [0.4, 0.5) is 0 Å². The Morgan fingerprint density at radius 3 is 2.39 bits per heavy atom. The van der Waals surface area contributed by atoms with Gasteiger partial charge in [0.15, 0.2) is 5.16 Å². The van der Waals surface area contributed by atoms with Gasteiger partial charge in [-0.25, -0.2) is 4.98 Å². The first kappa shape index (κ1) is 23.1. The molecule has 0 saturated carbocycles. The zero-order chi connectivity index (χ0) is 23.2. The lowest BCUT2D eigenvalue weighted by Gasteiger charge is -2.31. The zero-order valence-corrected chi connectivity index (χ0v) is 19.9. The van der Waals surface area contributed by atoms with Gasteiger partial charge in [-0.2, -0.15) is 0 Å². The Bertz CT molecular complexity index is 1100. The average molecular weight is 464 g/mol. The average Bonchev–Trinajstić information content (AvgIpc) is 3.20. The van der Waals surface area contributed by atoms with Gasteiger partial charge in [0, 0.05) is 31.3 Å². The number of carbonyl (C=O) groups excluding carboxylic acids is 2. The highest BCUT2D eigenvalue weighted by atomic mass is 32.2. The molecule has 2 heterocycles. The number of amides is 1. The number of carbonyl (C=O) groups is 2. The Morgan fingerprint density at radius 1 is 1.06 bits per heavy atom. The largest absolute Gasteiger partial charge is 0.466 e. The Labute approximate surface area is 199 Å². The van der Waals surface area contributed by atoms with Crippen LogP contribution in [0, 0.1) is 5.92 Å². The van der Waals surface area contributed by atoms with E-state index in [2.05, 4.69) is 28.8 Å². The number of likely N-dealkylation sites (tertiary alicyclic amines) is 1. The van der Waals surface area contributed by atoms with Gasteiger partial charge in [-0.15, -0.1) is 0 Å². The monoisotopic (exact) mass is 463 g/mol. The number of nitrogens with zero attached hydrogens (tertiary/aromatic N) is 3. The number of ether oxygens (including phenoxy) is 1. The van der Waals surface area contributed by atoms with Gasteiger partial charge in [0.25, 0.3) is 0 Å². The van der Waals surface area contributed by atoms with Gasteiger partial charge in [-0.3, -0.25) is 9.59 Å². The van der Waals surface area contributed by atoms with Crippen LogP contribution in [0.5, 0.6) is 0 Å². The first-order chi connectivity index (χ1) is 16.1. The third-order valence-corrected chi connectivity index (χ3v) is 6.88. The fourth-order valence-electron chi connectivity index (χ4n) is 4.20. The number of thioether (sulfide) groups is 1. The third-order valence-electron chi connectivity index (χ3n) is 5.87. The Balaban J connectivity index is 1.52. The summed E-state index contributed by atoms with van der Waals surface area (Å²) < 4.78 is 7.22. The van der Waals surface area contributed by atoms with Crippen molar-refractivity contribution in [2.45, 2.75) is 24.9 Å². The third kappa shape index (κ3) is 5.30. The molecule has 33 heavy (non-hydrogen) atoms. The SMILES string of the molecule is CCOC(=O)C1CCCN(C(=O)CSc2nc(-c3ccccc3)c(-c3ccccc3)n2C)C1. The van der Waals surface area contributed by atoms with Crippen LogP contribution in [0.3, 0.4) is 0 Å². The van der Waals surface area contributed by atoms with Crippen molar-refractivity contribution in [3.05, 3.63) is 60.7 Å². The molecule has 0 bridgehead atoms. The van der Waals surface area contributed by atoms with Crippen LogP contribution in [0.15, 0.2) is 65.8 Å². The molecule has 7 heteroatoms. The first-order valence-corrected chi connectivity index (χ1v) is 12.3. The Hall–Kier alpha value is -3.06. The standard InChI is InChI=1S/C26H29N3O3S/c1-3-32-25(31)21-15-10-16-29(17-21)22(30)18-33-26-27-23(19-11-6-4-7-12-19)24(28(26)2)20-13-8-5-9-14-20/h4-9,11-14,21H,3,10,15-18H2,1-2H3. The number of piperidine rings is 1. The summed E-state index contributed by atoms with van der Waals surface area (Å²) in [6, 6.07) is 20.3. The fourth-order valence-corrected chi connectivity index (χ4v) is 5.08. The van der Waals surface area contributed by atoms with Crippen molar-refractivity contribution in [1.82, 2.24) is 14.5 Å². The summed E-state index contributed by atoms with van der Waals surface area (Å²) in [5, 5.41) is 0.792. The van der Waals surface area contributed by atoms with E-state index >= 15 is 0 Å². The van der Waals surface area contributed by atoms with Gasteiger partial charge in [0.05, 0.1) is 29.7 Å². The molecule has 1 fully saturated rings. The second kappa shape index (κ2) is 10.7. The minimum atomic E-state index is -0.227. The molecule has 172 valence electrons. The molecule has 1 aliphatic heterocycles. The number of rotatable bonds is 7. The van der Waals surface area contributed by atoms with Crippen molar-refractivity contribution < 1.29 is 14.3 Å². The van der Waals surface area contributed by atoms with E-state index in [1.54, 1.807) is 11.8 Å². The minimum Gasteiger partial charge on any atom is -0.466 e. The molecular weight excluding hydrogens is 434 g/mol. The smallest absolute Gasteiger partial charge is 0.310 e. The Morgan fingerprint density at radius 2 is 1.73 bits per heavy atom. The van der Waals surface area contributed by atoms with E-state index in [1.165, 1.54) is 11.8 Å². The number of aromatic nitrogens is 2. The minimum absolute atomic E-state index is 0.0273. The summed E-state index contributed by atoms with van der Waals surface area (Å²) in [6.45, 7) is 3.29. The molecular formula is C26H29N3O3S. The predicted octanol–water partition coefficient (Wildman–Crippen LogP) is 4.65. The van der Waals surface area contributed by atoms with Gasteiger partial charge >= 0.3 is 5.97 Å². The van der Waals surface area contributed by atoms with Gasteiger partial charge in [-0.1, -0.05) is 72.4 Å². The maximum atomic E-state index is 13.0. The quantitative estimate of drug-likeness (QED) is 0.377. The highest BCUT2D eigenvalue weighted by Crippen LogP contribution is 2.35. The van der Waals surface area contributed by atoms with Crippen molar-refractivity contribution in [3.8, 4) is 22.5 Å². The normalized spacial score (nSPS) is 15.9. The van der Waals surface area contributed by atoms with Crippen molar-refractivity contribution in [1.29, 1.82) is 0 Å². The molecule has 3 aromatic rings. The van der Waals surface area contributed by atoms with E-state index < -0.39 is 0 Å². The molecule has 0 N–H and O–H groups in total. The summed E-state index contributed by atoms with van der Waals surface area (Å²) in [5.74, 6) is -0.121. The van der Waals surface area contributed by atoms with E-state index in [0.717, 1.165) is 40.5 Å². The van der Waals surface area contributed by atoms with Crippen LogP contribution in [0.1, 0.15) is 19.8 Å². The van der Waals surface area contributed by atoms with Gasteiger partial charge in [0.2, 0.25) is 5.91 Å². The fraction of sp³-hybridized carbons (Fsp3) is 0.346. The van der Waals surface area contributed by atoms with Crippen LogP contribution in [-0.4, -0.2) is 51.8 Å². The Kier molecular flexibility index (Phi) is 7.50. The number of esters is 1. The summed E-state index contributed by atoms with van der Waals surface area (Å²) >= 11 is 1.44. The lowest BCUT2D eigenvalue weighted by Crippen LogP contribution is -2.43. The van der Waals surface area contributed by atoms with Crippen LogP contribution < -0.4 is 0 Å². The molecule has 1 atom stereocenters. The molecule has 0 radical (unpaired) electrons. The second-order valence-corrected chi connectivity index (χ2v) is 9.04. The topological polar surface area (TPSA) is 64.4 Å². The van der Waals surface area contributed by atoms with Crippen LogP contribution in [0.25, 0.3) is 22.5 Å². The van der Waals surface area contributed by atoms with E-state index in [-0.39, 0.29) is 23.5 Å². The van der Waals surface area contributed by atoms with E-state index in [0.29, 0.717) is 19.7 Å². The van der Waals surface area contributed by atoms with E-state index in [9.17, 15) is 9.59 Å². The van der Waals surface area contributed by atoms with Gasteiger partial charge < -0.3 is 14.2 Å². The molecule has 1 unspecified atom stereocenters. The van der Waals surface area contributed by atoms with Crippen LogP contribution >= 0.6 is 11.8 Å². The van der Waals surface area contributed by atoms with Crippen molar-refractivity contribution in [2.75, 3.05) is 25.4 Å². The zero-order valence-electron chi connectivity index (χ0n) is 19.1. The molecule has 2 aromatic carbocycles. The van der Waals surface area contributed by atoms with Crippen molar-refractivity contribution >= 4 is 23.6 Å². The summed E-state index contributed by atoms with van der Waals surface area (Å²) in [6.07, 6.45) is 1.59. The van der Waals surface area contributed by atoms with E-state index in [1.807, 2.05) is 43.4 Å². The molecule has 0 spiro atoms. The first-order valence-electron chi connectivity index (χ1n) is 11.3. The highest BCUT2D eigenvalue weighted by molar-refractivity contribution is 7.99. The number of hydrogen-bond donors (Lipinski definition) is 0. The van der Waals surface area contributed by atoms with Crippen molar-refractivity contribution in [3.63, 3.8) is 0 Å². The number of imidazole rings is 1.